The van der Waals surface area contributed by atoms with Gasteiger partial charge in [-0.3, -0.25) is 0 Å². The van der Waals surface area contributed by atoms with Gasteiger partial charge >= 0.3 is 6.03 Å². The number of hydrogen-bond donors (Lipinski definition) is 2. The Morgan fingerprint density at radius 2 is 1.96 bits per heavy atom. The van der Waals surface area contributed by atoms with Gasteiger partial charge in [-0.15, -0.1) is 11.3 Å². The monoisotopic (exact) mass is 370 g/mol. The third-order valence-electron chi connectivity index (χ3n) is 5.45. The largest absolute Gasteiger partial charge is 0.355 e. The first-order valence-electron chi connectivity index (χ1n) is 9.62. The SMILES string of the molecule is O=C(Nc1cccnc1N1CCCC1)NC(c1cccs1)C1CCCC1. The summed E-state index contributed by atoms with van der Waals surface area (Å²) in [4.78, 5) is 20.8. The summed E-state index contributed by atoms with van der Waals surface area (Å²) in [6, 6.07) is 7.98. The summed E-state index contributed by atoms with van der Waals surface area (Å²) in [6.07, 6.45) is 9.07. The van der Waals surface area contributed by atoms with Crippen LogP contribution in [-0.4, -0.2) is 24.1 Å². The van der Waals surface area contributed by atoms with Gasteiger partial charge in [-0.25, -0.2) is 9.78 Å². The number of nitrogens with one attached hydrogen (secondary N) is 2. The number of carbonyl (C=O) groups excluding carboxylic acids is 1. The van der Waals surface area contributed by atoms with E-state index in [9.17, 15) is 4.79 Å². The van der Waals surface area contributed by atoms with Gasteiger partial charge in [0.1, 0.15) is 0 Å². The van der Waals surface area contributed by atoms with Crippen LogP contribution in [0.5, 0.6) is 0 Å². The fraction of sp³-hybridized carbons (Fsp3) is 0.500. The fourth-order valence-electron chi connectivity index (χ4n) is 4.16. The minimum absolute atomic E-state index is 0.101. The first-order valence-corrected chi connectivity index (χ1v) is 10.5. The lowest BCUT2D eigenvalue weighted by molar-refractivity contribution is 0.243. The Balaban J connectivity index is 1.47. The van der Waals surface area contributed by atoms with E-state index in [0.717, 1.165) is 24.6 Å². The number of amides is 2. The molecule has 2 aromatic heterocycles. The smallest absolute Gasteiger partial charge is 0.319 e. The first kappa shape index (κ1) is 17.3. The summed E-state index contributed by atoms with van der Waals surface area (Å²) in [5.74, 6) is 1.42. The molecule has 4 rings (SSSR count). The second-order valence-corrected chi connectivity index (χ2v) is 8.18. The highest BCUT2D eigenvalue weighted by molar-refractivity contribution is 7.10. The zero-order valence-corrected chi connectivity index (χ0v) is 15.8. The Morgan fingerprint density at radius 3 is 2.69 bits per heavy atom. The summed E-state index contributed by atoms with van der Waals surface area (Å²) in [5, 5.41) is 8.38. The Labute approximate surface area is 158 Å². The molecule has 0 aromatic carbocycles. The minimum atomic E-state index is -0.135. The molecule has 1 aliphatic heterocycles. The van der Waals surface area contributed by atoms with E-state index < -0.39 is 0 Å². The number of rotatable bonds is 5. The fourth-order valence-corrected chi connectivity index (χ4v) is 5.02. The number of urea groups is 1. The van der Waals surface area contributed by atoms with Crippen LogP contribution in [-0.2, 0) is 0 Å². The predicted octanol–water partition coefficient (Wildman–Crippen LogP) is 4.80. The summed E-state index contributed by atoms with van der Waals surface area (Å²) in [7, 11) is 0. The van der Waals surface area contributed by atoms with Crippen LogP contribution in [0.25, 0.3) is 0 Å². The van der Waals surface area contributed by atoms with Crippen molar-refractivity contribution in [3.05, 3.63) is 40.7 Å². The van der Waals surface area contributed by atoms with Crippen LogP contribution in [0.3, 0.4) is 0 Å². The van der Waals surface area contributed by atoms with Gasteiger partial charge in [-0.2, -0.15) is 0 Å². The zero-order valence-electron chi connectivity index (χ0n) is 15.0. The molecule has 0 bridgehead atoms. The molecule has 5 nitrogen and oxygen atoms in total. The van der Waals surface area contributed by atoms with Crippen LogP contribution in [0.15, 0.2) is 35.8 Å². The van der Waals surface area contributed by atoms with Gasteiger partial charge in [0.2, 0.25) is 0 Å². The highest BCUT2D eigenvalue weighted by Gasteiger charge is 2.29. The average Bonchev–Trinajstić information content (AvgIpc) is 3.44. The van der Waals surface area contributed by atoms with E-state index in [1.165, 1.54) is 43.4 Å². The zero-order chi connectivity index (χ0) is 17.8. The molecule has 6 heteroatoms. The summed E-state index contributed by atoms with van der Waals surface area (Å²) in [6.45, 7) is 2.01. The number of nitrogens with zero attached hydrogens (tertiary/aromatic N) is 2. The van der Waals surface area contributed by atoms with Gasteiger partial charge < -0.3 is 15.5 Å². The van der Waals surface area contributed by atoms with E-state index >= 15 is 0 Å². The number of thiophene rings is 1. The number of pyridine rings is 1. The highest BCUT2D eigenvalue weighted by Crippen LogP contribution is 2.37. The van der Waals surface area contributed by atoms with Gasteiger partial charge in [0.05, 0.1) is 11.7 Å². The van der Waals surface area contributed by atoms with Gasteiger partial charge in [0, 0.05) is 24.2 Å². The molecule has 0 spiro atoms. The summed E-state index contributed by atoms with van der Waals surface area (Å²) >= 11 is 1.73. The van der Waals surface area contributed by atoms with Gasteiger partial charge in [-0.1, -0.05) is 18.9 Å². The van der Waals surface area contributed by atoms with Gasteiger partial charge in [-0.05, 0) is 55.2 Å². The quantitative estimate of drug-likeness (QED) is 0.795. The lowest BCUT2D eigenvalue weighted by atomic mass is 9.97. The van der Waals surface area contributed by atoms with Crippen LogP contribution in [0.4, 0.5) is 16.3 Å². The van der Waals surface area contributed by atoms with Crippen molar-refractivity contribution in [2.75, 3.05) is 23.3 Å². The van der Waals surface area contributed by atoms with Crippen LogP contribution >= 0.6 is 11.3 Å². The first-order chi connectivity index (χ1) is 12.8. The maximum Gasteiger partial charge on any atom is 0.319 e. The Hall–Kier alpha value is -2.08. The van der Waals surface area contributed by atoms with Crippen molar-refractivity contribution in [2.24, 2.45) is 5.92 Å². The van der Waals surface area contributed by atoms with Crippen molar-refractivity contribution in [1.82, 2.24) is 10.3 Å². The molecule has 1 unspecified atom stereocenters. The van der Waals surface area contributed by atoms with E-state index in [-0.39, 0.29) is 12.1 Å². The molecule has 1 atom stereocenters. The molecule has 2 aliphatic rings. The predicted molar refractivity (Wildman–Crippen MR) is 107 cm³/mol. The summed E-state index contributed by atoms with van der Waals surface area (Å²) < 4.78 is 0. The van der Waals surface area contributed by atoms with Crippen molar-refractivity contribution in [2.45, 2.75) is 44.6 Å². The van der Waals surface area contributed by atoms with E-state index in [0.29, 0.717) is 5.92 Å². The molecule has 1 saturated carbocycles. The van der Waals surface area contributed by atoms with E-state index in [2.05, 4.69) is 38.0 Å². The molecule has 2 fully saturated rings. The maximum absolute atomic E-state index is 12.8. The number of aromatic nitrogens is 1. The third-order valence-corrected chi connectivity index (χ3v) is 6.40. The second-order valence-electron chi connectivity index (χ2n) is 7.20. The Kier molecular flexibility index (Phi) is 5.39. The number of carbonyl (C=O) groups is 1. The Bertz CT molecular complexity index is 721. The van der Waals surface area contributed by atoms with Crippen molar-refractivity contribution in [3.63, 3.8) is 0 Å². The molecule has 2 aromatic rings. The summed E-state index contributed by atoms with van der Waals surface area (Å²) in [5.41, 5.74) is 0.795. The van der Waals surface area contributed by atoms with E-state index in [1.54, 1.807) is 17.5 Å². The second kappa shape index (κ2) is 8.08. The molecule has 1 saturated heterocycles. The molecule has 3 heterocycles. The third kappa shape index (κ3) is 3.85. The molecule has 0 radical (unpaired) electrons. The molecule has 2 N–H and O–H groups in total. The molecular formula is C20H26N4OS. The molecule has 2 amide bonds. The van der Waals surface area contributed by atoms with Crippen molar-refractivity contribution in [1.29, 1.82) is 0 Å². The molecule has 26 heavy (non-hydrogen) atoms. The van der Waals surface area contributed by atoms with Crippen molar-refractivity contribution < 1.29 is 4.79 Å². The minimum Gasteiger partial charge on any atom is -0.355 e. The molecule has 138 valence electrons. The maximum atomic E-state index is 12.8. The molecule has 1 aliphatic carbocycles. The standard InChI is InChI=1S/C20H26N4OS/c25-20(22-16-9-5-11-21-19(16)24-12-3-4-13-24)23-18(15-7-1-2-8-15)17-10-6-14-26-17/h5-6,9-11,14-15,18H,1-4,7-8,12-13H2,(H2,22,23,25). The van der Waals surface area contributed by atoms with Gasteiger partial charge in [0.15, 0.2) is 5.82 Å². The normalized spacial score (nSPS) is 18.8. The van der Waals surface area contributed by atoms with Crippen LogP contribution < -0.4 is 15.5 Å². The van der Waals surface area contributed by atoms with Crippen LogP contribution in [0.1, 0.15) is 49.4 Å². The number of hydrogen-bond acceptors (Lipinski definition) is 4. The van der Waals surface area contributed by atoms with Crippen molar-refractivity contribution in [3.8, 4) is 0 Å². The van der Waals surface area contributed by atoms with Crippen LogP contribution in [0.2, 0.25) is 0 Å². The van der Waals surface area contributed by atoms with Crippen LogP contribution in [0, 0.1) is 5.92 Å². The van der Waals surface area contributed by atoms with Gasteiger partial charge in [0.25, 0.3) is 0 Å². The average molecular weight is 371 g/mol. The lowest BCUT2D eigenvalue weighted by Crippen LogP contribution is -2.36. The highest BCUT2D eigenvalue weighted by atomic mass is 32.1. The topological polar surface area (TPSA) is 57.3 Å². The number of anilines is 2. The lowest BCUT2D eigenvalue weighted by Gasteiger charge is -2.25. The van der Waals surface area contributed by atoms with Crippen molar-refractivity contribution >= 4 is 28.9 Å². The van der Waals surface area contributed by atoms with E-state index in [1.807, 2.05) is 12.1 Å². The molecular weight excluding hydrogens is 344 g/mol. The Morgan fingerprint density at radius 1 is 1.15 bits per heavy atom. The van der Waals surface area contributed by atoms with E-state index in [4.69, 9.17) is 0 Å².